The lowest BCUT2D eigenvalue weighted by molar-refractivity contribution is 0.0342. The molecule has 35 heavy (non-hydrogen) atoms. The quantitative estimate of drug-likeness (QED) is 0.272. The van der Waals surface area contributed by atoms with Crippen molar-refractivity contribution in [3.05, 3.63) is 95.3 Å². The van der Waals surface area contributed by atoms with Crippen molar-refractivity contribution in [3.8, 4) is 23.1 Å². The molecule has 1 fully saturated rings. The molecule has 5 rings (SSSR count). The first kappa shape index (κ1) is 22.7. The van der Waals surface area contributed by atoms with Crippen LogP contribution >= 0.6 is 0 Å². The zero-order chi connectivity index (χ0) is 24.0. The van der Waals surface area contributed by atoms with Crippen molar-refractivity contribution < 1.29 is 14.7 Å². The van der Waals surface area contributed by atoms with Crippen LogP contribution in [0.2, 0.25) is 0 Å². The summed E-state index contributed by atoms with van der Waals surface area (Å²) in [6.07, 6.45) is 0. The fraction of sp³-hybridized carbons (Fsp3) is 0.179. The molecule has 1 aromatic heterocycles. The number of fused-ring (bicyclic) bond motifs is 1. The first-order chi connectivity index (χ1) is 17.2. The number of rotatable bonds is 4. The van der Waals surface area contributed by atoms with Gasteiger partial charge in [0.2, 0.25) is 5.82 Å². The number of amides is 1. The van der Waals surface area contributed by atoms with Crippen molar-refractivity contribution in [1.82, 2.24) is 20.3 Å². The van der Waals surface area contributed by atoms with Crippen LogP contribution in [0.1, 0.15) is 27.3 Å². The number of hydrogen-bond acceptors (Lipinski definition) is 6. The molecule has 4 aromatic rings. The summed E-state index contributed by atoms with van der Waals surface area (Å²) in [5, 5.41) is 9.82. The third-order valence-electron chi connectivity index (χ3n) is 5.88. The number of hydrogen-bond donors (Lipinski definition) is 2. The topological polar surface area (TPSA) is 87.6 Å². The van der Waals surface area contributed by atoms with Crippen molar-refractivity contribution >= 4 is 16.8 Å². The normalized spacial score (nSPS) is 13.7. The second kappa shape index (κ2) is 10.5. The maximum absolute atomic E-state index is 11.9. The van der Waals surface area contributed by atoms with Gasteiger partial charge in [0.05, 0.1) is 24.4 Å². The predicted molar refractivity (Wildman–Crippen MR) is 133 cm³/mol. The Morgan fingerprint density at radius 3 is 2.26 bits per heavy atom. The Hall–Kier alpha value is -4.09. The van der Waals surface area contributed by atoms with Crippen molar-refractivity contribution in [2.75, 3.05) is 26.3 Å². The van der Waals surface area contributed by atoms with Crippen LogP contribution in [-0.2, 0) is 11.3 Å². The average molecular weight is 465 g/mol. The molecule has 0 spiro atoms. The molecule has 7 nitrogen and oxygen atoms in total. The minimum absolute atomic E-state index is 0.0952. The molecule has 0 unspecified atom stereocenters. The van der Waals surface area contributed by atoms with Crippen LogP contribution in [0.5, 0.6) is 0 Å². The van der Waals surface area contributed by atoms with Gasteiger partial charge in [0, 0.05) is 41.7 Å². The molecule has 174 valence electrons. The summed E-state index contributed by atoms with van der Waals surface area (Å²) in [6.45, 7) is 4.47. The molecule has 2 heterocycles. The van der Waals surface area contributed by atoms with Crippen LogP contribution < -0.4 is 5.48 Å². The lowest BCUT2D eigenvalue weighted by Crippen LogP contribution is -2.35. The van der Waals surface area contributed by atoms with Gasteiger partial charge in [0.25, 0.3) is 0 Å². The third kappa shape index (κ3) is 5.36. The van der Waals surface area contributed by atoms with Gasteiger partial charge in [-0.1, -0.05) is 54.3 Å². The second-order valence-electron chi connectivity index (χ2n) is 8.27. The number of morpholine rings is 1. The highest BCUT2D eigenvalue weighted by molar-refractivity contribution is 5.97. The van der Waals surface area contributed by atoms with Crippen LogP contribution in [0.3, 0.4) is 0 Å². The number of hydroxylamine groups is 1. The molecule has 0 bridgehead atoms. The van der Waals surface area contributed by atoms with E-state index in [9.17, 15) is 4.79 Å². The standard InChI is InChI=1S/C28H24N4O3/c33-28(31-34)27-29-25-4-2-1-3-24(25)26(30-27)23-13-11-21(12-14-23)6-5-20-7-9-22(10-8-20)19-32-15-17-35-18-16-32/h1-4,7-14,34H,15-19H2,(H,31,33). The molecule has 0 atom stereocenters. The molecule has 0 aliphatic carbocycles. The Labute approximate surface area is 203 Å². The van der Waals surface area contributed by atoms with E-state index in [0.717, 1.165) is 54.9 Å². The number of ether oxygens (including phenoxy) is 1. The molecular formula is C28H24N4O3. The smallest absolute Gasteiger partial charge is 0.312 e. The van der Waals surface area contributed by atoms with Gasteiger partial charge in [-0.3, -0.25) is 14.9 Å². The fourth-order valence-electron chi connectivity index (χ4n) is 4.01. The van der Waals surface area contributed by atoms with E-state index in [1.165, 1.54) is 5.56 Å². The molecule has 2 N–H and O–H groups in total. The van der Waals surface area contributed by atoms with E-state index >= 15 is 0 Å². The minimum Gasteiger partial charge on any atom is -0.379 e. The zero-order valence-electron chi connectivity index (χ0n) is 19.1. The van der Waals surface area contributed by atoms with E-state index < -0.39 is 5.91 Å². The number of benzene rings is 3. The van der Waals surface area contributed by atoms with Crippen LogP contribution in [0, 0.1) is 11.8 Å². The summed E-state index contributed by atoms with van der Waals surface area (Å²) in [7, 11) is 0. The molecule has 0 radical (unpaired) electrons. The van der Waals surface area contributed by atoms with Crippen molar-refractivity contribution in [1.29, 1.82) is 0 Å². The van der Waals surface area contributed by atoms with Gasteiger partial charge in [-0.05, 0) is 35.9 Å². The van der Waals surface area contributed by atoms with E-state index in [4.69, 9.17) is 9.94 Å². The van der Waals surface area contributed by atoms with Gasteiger partial charge in [0.1, 0.15) is 0 Å². The third-order valence-corrected chi connectivity index (χ3v) is 5.88. The highest BCUT2D eigenvalue weighted by atomic mass is 16.5. The highest BCUT2D eigenvalue weighted by Crippen LogP contribution is 2.26. The van der Waals surface area contributed by atoms with E-state index in [1.54, 1.807) is 11.5 Å². The number of para-hydroxylation sites is 1. The monoisotopic (exact) mass is 464 g/mol. The number of nitrogens with one attached hydrogen (secondary N) is 1. The van der Waals surface area contributed by atoms with Crippen LogP contribution in [-0.4, -0.2) is 52.3 Å². The summed E-state index contributed by atoms with van der Waals surface area (Å²) >= 11 is 0. The largest absolute Gasteiger partial charge is 0.379 e. The van der Waals surface area contributed by atoms with Gasteiger partial charge in [-0.2, -0.15) is 0 Å². The van der Waals surface area contributed by atoms with Gasteiger partial charge < -0.3 is 4.74 Å². The summed E-state index contributed by atoms with van der Waals surface area (Å²) in [6, 6.07) is 23.5. The van der Waals surface area contributed by atoms with Crippen LogP contribution in [0.15, 0.2) is 72.8 Å². The fourth-order valence-corrected chi connectivity index (χ4v) is 4.01. The number of aromatic nitrogens is 2. The molecular weight excluding hydrogens is 440 g/mol. The Morgan fingerprint density at radius 2 is 1.57 bits per heavy atom. The Morgan fingerprint density at radius 1 is 0.914 bits per heavy atom. The van der Waals surface area contributed by atoms with Gasteiger partial charge in [-0.25, -0.2) is 15.4 Å². The highest BCUT2D eigenvalue weighted by Gasteiger charge is 2.14. The molecule has 1 aliphatic heterocycles. The first-order valence-electron chi connectivity index (χ1n) is 11.4. The van der Waals surface area contributed by atoms with Crippen molar-refractivity contribution in [3.63, 3.8) is 0 Å². The molecule has 0 saturated carbocycles. The predicted octanol–water partition coefficient (Wildman–Crippen LogP) is 3.65. The number of nitrogens with zero attached hydrogens (tertiary/aromatic N) is 3. The van der Waals surface area contributed by atoms with E-state index in [2.05, 4.69) is 51.0 Å². The van der Waals surface area contributed by atoms with Gasteiger partial charge >= 0.3 is 5.91 Å². The van der Waals surface area contributed by atoms with Crippen molar-refractivity contribution in [2.45, 2.75) is 6.54 Å². The van der Waals surface area contributed by atoms with Crippen molar-refractivity contribution in [2.24, 2.45) is 0 Å². The summed E-state index contributed by atoms with van der Waals surface area (Å²) in [5.41, 5.74) is 6.77. The Bertz CT molecular complexity index is 1400. The van der Waals surface area contributed by atoms with Gasteiger partial charge in [-0.15, -0.1) is 0 Å². The SMILES string of the molecule is O=C(NO)c1nc(-c2ccc(C#Cc3ccc(CN4CCOCC4)cc3)cc2)c2ccccc2n1. The van der Waals surface area contributed by atoms with E-state index in [0.29, 0.717) is 11.2 Å². The van der Waals surface area contributed by atoms with Crippen LogP contribution in [0.4, 0.5) is 0 Å². The van der Waals surface area contributed by atoms with Crippen LogP contribution in [0.25, 0.3) is 22.2 Å². The lowest BCUT2D eigenvalue weighted by Gasteiger charge is -2.26. The summed E-state index contributed by atoms with van der Waals surface area (Å²) in [4.78, 5) is 22.9. The summed E-state index contributed by atoms with van der Waals surface area (Å²) < 4.78 is 5.41. The maximum atomic E-state index is 11.9. The van der Waals surface area contributed by atoms with E-state index in [1.807, 2.05) is 42.5 Å². The molecule has 1 saturated heterocycles. The molecule has 3 aromatic carbocycles. The average Bonchev–Trinajstić information content (AvgIpc) is 2.92. The second-order valence-corrected chi connectivity index (χ2v) is 8.27. The zero-order valence-corrected chi connectivity index (χ0v) is 19.1. The molecule has 1 aliphatic rings. The Balaban J connectivity index is 1.34. The first-order valence-corrected chi connectivity index (χ1v) is 11.4. The number of carbonyl (C=O) groups is 1. The van der Waals surface area contributed by atoms with E-state index in [-0.39, 0.29) is 5.82 Å². The minimum atomic E-state index is -0.754. The molecule has 1 amide bonds. The summed E-state index contributed by atoms with van der Waals surface area (Å²) in [5.74, 6) is 5.58. The van der Waals surface area contributed by atoms with Gasteiger partial charge in [0.15, 0.2) is 0 Å². The lowest BCUT2D eigenvalue weighted by atomic mass is 10.0. The molecule has 7 heteroatoms. The Kier molecular flexibility index (Phi) is 6.77. The maximum Gasteiger partial charge on any atom is 0.312 e. The number of carbonyl (C=O) groups excluding carboxylic acids is 1.